The second-order valence-corrected chi connectivity index (χ2v) is 6.15. The van der Waals surface area contributed by atoms with Crippen LogP contribution in [0, 0.1) is 0 Å². The van der Waals surface area contributed by atoms with Crippen molar-refractivity contribution in [2.45, 2.75) is 38.2 Å². The van der Waals surface area contributed by atoms with Crippen LogP contribution in [0.3, 0.4) is 0 Å². The summed E-state index contributed by atoms with van der Waals surface area (Å²) in [6.07, 6.45) is 5.33. The number of para-hydroxylation sites is 1. The Bertz CT molecular complexity index is 683. The third-order valence-corrected chi connectivity index (χ3v) is 4.65. The molecule has 1 atom stereocenters. The lowest BCUT2D eigenvalue weighted by atomic mass is 9.88. The molecule has 23 heavy (non-hydrogen) atoms. The van der Waals surface area contributed by atoms with Gasteiger partial charge >= 0.3 is 0 Å². The third-order valence-electron chi connectivity index (χ3n) is 4.65. The van der Waals surface area contributed by atoms with Crippen molar-refractivity contribution in [2.24, 2.45) is 0 Å². The van der Waals surface area contributed by atoms with E-state index in [9.17, 15) is 5.11 Å². The van der Waals surface area contributed by atoms with E-state index in [-0.39, 0.29) is 0 Å². The van der Waals surface area contributed by atoms with Crippen LogP contribution in [0.1, 0.15) is 37.4 Å². The molecule has 0 aliphatic carbocycles. The molecule has 0 amide bonds. The van der Waals surface area contributed by atoms with Crippen LogP contribution in [-0.4, -0.2) is 16.6 Å². The first-order chi connectivity index (χ1) is 11.2. The van der Waals surface area contributed by atoms with E-state index in [4.69, 9.17) is 0 Å². The smallest absolute Gasteiger partial charge is 0.131 e. The number of anilines is 1. The molecule has 0 saturated heterocycles. The molecule has 1 N–H and O–H groups in total. The fourth-order valence-corrected chi connectivity index (χ4v) is 3.29. The first-order valence-electron chi connectivity index (χ1n) is 8.35. The van der Waals surface area contributed by atoms with Gasteiger partial charge in [0.15, 0.2) is 0 Å². The van der Waals surface area contributed by atoms with E-state index in [1.54, 1.807) is 6.20 Å². The number of pyridine rings is 1. The molecule has 3 nitrogen and oxygen atoms in total. The van der Waals surface area contributed by atoms with Crippen molar-refractivity contribution in [1.82, 2.24) is 4.98 Å². The lowest BCUT2D eigenvalue weighted by Gasteiger charge is -2.28. The van der Waals surface area contributed by atoms with Crippen molar-refractivity contribution in [3.05, 3.63) is 72.2 Å². The van der Waals surface area contributed by atoms with Crippen molar-refractivity contribution < 1.29 is 5.11 Å². The summed E-state index contributed by atoms with van der Waals surface area (Å²) >= 11 is 0. The minimum absolute atomic E-state index is 0.600. The van der Waals surface area contributed by atoms with Gasteiger partial charge in [-0.1, -0.05) is 44.2 Å². The molecule has 2 heterocycles. The first-order valence-corrected chi connectivity index (χ1v) is 8.35. The highest BCUT2D eigenvalue weighted by atomic mass is 16.3. The highest BCUT2D eigenvalue weighted by molar-refractivity contribution is 5.69. The second kappa shape index (κ2) is 6.55. The molecule has 0 fully saturated rings. The molecule has 1 aliphatic heterocycles. The first kappa shape index (κ1) is 15.8. The molecule has 1 aromatic heterocycles. The van der Waals surface area contributed by atoms with Gasteiger partial charge in [-0.2, -0.15) is 0 Å². The lowest BCUT2D eigenvalue weighted by molar-refractivity contribution is 0.0719. The minimum atomic E-state index is -0.998. The number of nitrogens with zero attached hydrogens (tertiary/aromatic N) is 2. The summed E-state index contributed by atoms with van der Waals surface area (Å²) in [4.78, 5) is 6.54. The van der Waals surface area contributed by atoms with Gasteiger partial charge in [0.05, 0.1) is 0 Å². The molecule has 1 unspecified atom stereocenters. The van der Waals surface area contributed by atoms with Gasteiger partial charge in [0.25, 0.3) is 0 Å². The molecule has 1 aliphatic rings. The monoisotopic (exact) mass is 308 g/mol. The number of fused-ring (bicyclic) bond motifs is 1. The summed E-state index contributed by atoms with van der Waals surface area (Å²) in [5.74, 6) is 0. The van der Waals surface area contributed by atoms with Crippen LogP contribution >= 0.6 is 0 Å². The van der Waals surface area contributed by atoms with Crippen LogP contribution in [0.25, 0.3) is 0 Å². The van der Waals surface area contributed by atoms with Crippen molar-refractivity contribution in [1.29, 1.82) is 0 Å². The normalized spacial score (nSPS) is 19.9. The molecule has 0 radical (unpaired) electrons. The fourth-order valence-electron chi connectivity index (χ4n) is 3.29. The molecular weight excluding hydrogens is 284 g/mol. The number of unbranched alkanes of at least 4 members (excludes halogenated alkanes) is 1. The van der Waals surface area contributed by atoms with E-state index in [0.29, 0.717) is 6.42 Å². The van der Waals surface area contributed by atoms with Gasteiger partial charge in [-0.15, -0.1) is 0 Å². The van der Waals surface area contributed by atoms with Crippen molar-refractivity contribution in [3.63, 3.8) is 0 Å². The highest BCUT2D eigenvalue weighted by Crippen LogP contribution is 2.48. The Hall–Kier alpha value is -2.13. The van der Waals surface area contributed by atoms with Crippen LogP contribution in [0.2, 0.25) is 0 Å². The third kappa shape index (κ3) is 2.89. The largest absolute Gasteiger partial charge is 0.379 e. The van der Waals surface area contributed by atoms with Crippen LogP contribution in [0.4, 0.5) is 5.69 Å². The van der Waals surface area contributed by atoms with Gasteiger partial charge in [-0.05, 0) is 37.5 Å². The number of aromatic nitrogens is 1. The van der Waals surface area contributed by atoms with Crippen LogP contribution in [0.5, 0.6) is 0 Å². The second-order valence-electron chi connectivity index (χ2n) is 6.15. The van der Waals surface area contributed by atoms with E-state index < -0.39 is 5.60 Å². The number of aliphatic hydroxyl groups is 1. The van der Waals surface area contributed by atoms with E-state index in [1.807, 2.05) is 36.4 Å². The maximum absolute atomic E-state index is 11.4. The highest BCUT2D eigenvalue weighted by Gasteiger charge is 2.43. The summed E-state index contributed by atoms with van der Waals surface area (Å²) in [7, 11) is 0. The zero-order chi connectivity index (χ0) is 16.3. The number of hydrogen-bond acceptors (Lipinski definition) is 3. The van der Waals surface area contributed by atoms with Gasteiger partial charge in [0.1, 0.15) is 5.60 Å². The Morgan fingerprint density at radius 2 is 1.96 bits per heavy atom. The Balaban J connectivity index is 1.87. The van der Waals surface area contributed by atoms with Gasteiger partial charge in [0, 0.05) is 35.4 Å². The van der Waals surface area contributed by atoms with E-state index in [1.165, 1.54) is 0 Å². The zero-order valence-electron chi connectivity index (χ0n) is 13.7. The van der Waals surface area contributed by atoms with Crippen LogP contribution in [-0.2, 0) is 12.0 Å². The average Bonchev–Trinajstić information content (AvgIpc) is 2.81. The summed E-state index contributed by atoms with van der Waals surface area (Å²) in [6, 6.07) is 14.0. The number of aryl methyl sites for hydroxylation is 1. The van der Waals surface area contributed by atoms with Gasteiger partial charge < -0.3 is 10.0 Å². The Kier molecular flexibility index (Phi) is 4.49. The number of rotatable bonds is 6. The van der Waals surface area contributed by atoms with E-state index >= 15 is 0 Å². The zero-order valence-corrected chi connectivity index (χ0v) is 13.7. The molecule has 0 saturated carbocycles. The molecular formula is C20H24N2O. The Labute approximate surface area is 138 Å². The predicted molar refractivity (Wildman–Crippen MR) is 94.3 cm³/mol. The van der Waals surface area contributed by atoms with Crippen molar-refractivity contribution in [3.8, 4) is 0 Å². The molecule has 2 aromatic rings. The average molecular weight is 308 g/mol. The minimum Gasteiger partial charge on any atom is -0.379 e. The maximum Gasteiger partial charge on any atom is 0.131 e. The lowest BCUT2D eigenvalue weighted by Crippen LogP contribution is -2.31. The molecule has 3 rings (SSSR count). The molecule has 1 aromatic carbocycles. The standard InChI is InChI=1S/C20H24N2O/c1-3-4-15-22-16(2)20(23,18-10-5-6-11-19(18)22)13-12-17-9-7-8-14-21-17/h5-11,14,23H,2-4,12-13,15H2,1H3. The Morgan fingerprint density at radius 1 is 1.17 bits per heavy atom. The summed E-state index contributed by atoms with van der Waals surface area (Å²) in [5.41, 5.74) is 2.86. The van der Waals surface area contributed by atoms with Crippen LogP contribution < -0.4 is 4.90 Å². The summed E-state index contributed by atoms with van der Waals surface area (Å²) in [5, 5.41) is 11.4. The molecule has 0 spiro atoms. The van der Waals surface area contributed by atoms with Gasteiger partial charge in [-0.25, -0.2) is 0 Å². The predicted octanol–water partition coefficient (Wildman–Crippen LogP) is 4.04. The molecule has 120 valence electrons. The quantitative estimate of drug-likeness (QED) is 0.875. The molecule has 0 bridgehead atoms. The van der Waals surface area contributed by atoms with Crippen LogP contribution in [0.15, 0.2) is 60.9 Å². The maximum atomic E-state index is 11.4. The number of hydrogen-bond donors (Lipinski definition) is 1. The SMILES string of the molecule is C=C1N(CCCC)c2ccccc2C1(O)CCc1ccccn1. The van der Waals surface area contributed by atoms with Crippen molar-refractivity contribution >= 4 is 5.69 Å². The Morgan fingerprint density at radius 3 is 2.70 bits per heavy atom. The molecule has 3 heteroatoms. The van der Waals surface area contributed by atoms with Gasteiger partial charge in [-0.3, -0.25) is 4.98 Å². The number of benzene rings is 1. The van der Waals surface area contributed by atoms with E-state index in [2.05, 4.69) is 29.5 Å². The topological polar surface area (TPSA) is 36.4 Å². The summed E-state index contributed by atoms with van der Waals surface area (Å²) < 4.78 is 0. The fraction of sp³-hybridized carbons (Fsp3) is 0.350. The van der Waals surface area contributed by atoms with Gasteiger partial charge in [0.2, 0.25) is 0 Å². The van der Waals surface area contributed by atoms with E-state index in [0.717, 1.165) is 48.4 Å². The van der Waals surface area contributed by atoms with Crippen molar-refractivity contribution in [2.75, 3.05) is 11.4 Å². The summed E-state index contributed by atoms with van der Waals surface area (Å²) in [6.45, 7) is 7.30.